The van der Waals surface area contributed by atoms with Crippen LogP contribution in [0, 0.1) is 0 Å². The molecule has 5 heteroatoms. The fourth-order valence-corrected chi connectivity index (χ4v) is 2.45. The van der Waals surface area contributed by atoms with Crippen LogP contribution in [-0.4, -0.2) is 33.0 Å². The number of hydrogen-bond acceptors (Lipinski definition) is 4. The third-order valence-electron chi connectivity index (χ3n) is 3.33. The van der Waals surface area contributed by atoms with Gasteiger partial charge in [-0.3, -0.25) is 0 Å². The van der Waals surface area contributed by atoms with Crippen LogP contribution in [-0.2, 0) is 4.74 Å². The van der Waals surface area contributed by atoms with Crippen LogP contribution in [0.5, 0.6) is 11.5 Å². The number of hydrogen-bond donors (Lipinski definition) is 1. The molecule has 1 aromatic carbocycles. The number of rotatable bonds is 6. The van der Waals surface area contributed by atoms with Gasteiger partial charge in [-0.2, -0.15) is 0 Å². The lowest BCUT2D eigenvalue weighted by molar-refractivity contribution is 0.00299. The van der Waals surface area contributed by atoms with Crippen molar-refractivity contribution >= 4 is 17.3 Å². The van der Waals surface area contributed by atoms with E-state index in [0.29, 0.717) is 28.7 Å². The molecule has 1 saturated carbocycles. The topological polar surface area (TPSA) is 39.7 Å². The van der Waals surface area contributed by atoms with Crippen molar-refractivity contribution < 1.29 is 14.2 Å². The molecule has 19 heavy (non-hydrogen) atoms. The van der Waals surface area contributed by atoms with Gasteiger partial charge in [0.05, 0.1) is 31.0 Å². The molecule has 0 radical (unpaired) electrons. The van der Waals surface area contributed by atoms with E-state index in [0.717, 1.165) is 25.1 Å². The van der Waals surface area contributed by atoms with Gasteiger partial charge in [0.2, 0.25) is 0 Å². The van der Waals surface area contributed by atoms with Crippen LogP contribution in [0.4, 0.5) is 5.69 Å². The van der Waals surface area contributed by atoms with Crippen LogP contribution in [0.25, 0.3) is 0 Å². The number of halogens is 1. The fourth-order valence-electron chi connectivity index (χ4n) is 2.24. The normalized spacial score (nSPS) is 21.7. The van der Waals surface area contributed by atoms with Crippen LogP contribution in [0.15, 0.2) is 12.1 Å². The molecule has 0 unspecified atom stereocenters. The number of anilines is 1. The van der Waals surface area contributed by atoms with Crippen molar-refractivity contribution in [3.8, 4) is 11.5 Å². The smallest absolute Gasteiger partial charge is 0.162 e. The summed E-state index contributed by atoms with van der Waals surface area (Å²) in [5.41, 5.74) is 0.874. The van der Waals surface area contributed by atoms with Gasteiger partial charge in [0.1, 0.15) is 0 Å². The van der Waals surface area contributed by atoms with Gasteiger partial charge < -0.3 is 19.5 Å². The minimum Gasteiger partial charge on any atom is -0.493 e. The maximum Gasteiger partial charge on any atom is 0.162 e. The molecule has 0 aromatic heterocycles. The highest BCUT2D eigenvalue weighted by molar-refractivity contribution is 6.33. The molecule has 0 bridgehead atoms. The summed E-state index contributed by atoms with van der Waals surface area (Å²) in [6, 6.07) is 4.04. The summed E-state index contributed by atoms with van der Waals surface area (Å²) in [5, 5.41) is 4.05. The lowest BCUT2D eigenvalue weighted by atomic mass is 9.89. The Hall–Kier alpha value is -1.13. The van der Waals surface area contributed by atoms with Crippen molar-refractivity contribution in [2.24, 2.45) is 0 Å². The molecule has 1 aromatic rings. The highest BCUT2D eigenvalue weighted by atomic mass is 35.5. The van der Waals surface area contributed by atoms with Crippen LogP contribution in [0.3, 0.4) is 0 Å². The maximum atomic E-state index is 6.23. The summed E-state index contributed by atoms with van der Waals surface area (Å²) in [6.45, 7) is 2.79. The van der Waals surface area contributed by atoms with E-state index in [1.165, 1.54) is 0 Å². The summed E-state index contributed by atoms with van der Waals surface area (Å²) in [4.78, 5) is 0. The second-order valence-electron chi connectivity index (χ2n) is 4.58. The van der Waals surface area contributed by atoms with Crippen molar-refractivity contribution in [1.82, 2.24) is 0 Å². The third-order valence-corrected chi connectivity index (χ3v) is 3.64. The van der Waals surface area contributed by atoms with Crippen LogP contribution in [0.1, 0.15) is 19.8 Å². The predicted molar refractivity (Wildman–Crippen MR) is 76.6 cm³/mol. The summed E-state index contributed by atoms with van der Waals surface area (Å²) in [5.74, 6) is 1.31. The van der Waals surface area contributed by atoms with E-state index < -0.39 is 0 Å². The summed E-state index contributed by atoms with van der Waals surface area (Å²) in [6.07, 6.45) is 2.40. The van der Waals surface area contributed by atoms with Crippen molar-refractivity contribution in [3.05, 3.63) is 17.2 Å². The van der Waals surface area contributed by atoms with Crippen molar-refractivity contribution in [2.75, 3.05) is 26.1 Å². The second-order valence-corrected chi connectivity index (χ2v) is 4.98. The number of ether oxygens (including phenoxy) is 3. The summed E-state index contributed by atoms with van der Waals surface area (Å²) >= 11 is 6.23. The molecule has 4 nitrogen and oxygen atoms in total. The highest BCUT2D eigenvalue weighted by Crippen LogP contribution is 2.38. The van der Waals surface area contributed by atoms with E-state index >= 15 is 0 Å². The van der Waals surface area contributed by atoms with E-state index in [-0.39, 0.29) is 0 Å². The molecule has 1 aliphatic rings. The van der Waals surface area contributed by atoms with E-state index in [1.807, 2.05) is 13.0 Å². The van der Waals surface area contributed by atoms with E-state index in [1.54, 1.807) is 20.3 Å². The molecule has 0 amide bonds. The SMILES string of the molecule is CCOC1CC(Nc2cc(OC)c(OC)cc2Cl)C1. The zero-order chi connectivity index (χ0) is 13.8. The average molecular weight is 286 g/mol. The number of nitrogens with one attached hydrogen (secondary N) is 1. The van der Waals surface area contributed by atoms with Gasteiger partial charge in [-0.05, 0) is 19.8 Å². The van der Waals surface area contributed by atoms with Gasteiger partial charge in [0, 0.05) is 24.8 Å². The van der Waals surface area contributed by atoms with Crippen molar-refractivity contribution in [3.63, 3.8) is 0 Å². The summed E-state index contributed by atoms with van der Waals surface area (Å²) in [7, 11) is 3.21. The standard InChI is InChI=1S/C14H20ClNO3/c1-4-19-10-5-9(6-10)16-12-8-14(18-3)13(17-2)7-11(12)15/h7-10,16H,4-6H2,1-3H3. The highest BCUT2D eigenvalue weighted by Gasteiger charge is 2.30. The molecule has 1 N–H and O–H groups in total. The quantitative estimate of drug-likeness (QED) is 0.870. The van der Waals surface area contributed by atoms with E-state index in [9.17, 15) is 0 Å². The van der Waals surface area contributed by atoms with Crippen molar-refractivity contribution in [2.45, 2.75) is 31.9 Å². The lowest BCUT2D eigenvalue weighted by Crippen LogP contribution is -2.40. The van der Waals surface area contributed by atoms with Crippen molar-refractivity contribution in [1.29, 1.82) is 0 Å². The first kappa shape index (κ1) is 14.3. The van der Waals surface area contributed by atoms with Gasteiger partial charge in [0.25, 0.3) is 0 Å². The predicted octanol–water partition coefficient (Wildman–Crippen LogP) is 3.34. The van der Waals surface area contributed by atoms with Gasteiger partial charge in [-0.1, -0.05) is 11.6 Å². The Morgan fingerprint density at radius 2 is 1.84 bits per heavy atom. The monoisotopic (exact) mass is 285 g/mol. The lowest BCUT2D eigenvalue weighted by Gasteiger charge is -2.36. The molecule has 1 fully saturated rings. The molecular formula is C14H20ClNO3. The molecule has 0 heterocycles. The minimum atomic E-state index is 0.376. The van der Waals surface area contributed by atoms with Crippen LogP contribution >= 0.6 is 11.6 Å². The molecule has 106 valence electrons. The van der Waals surface area contributed by atoms with Crippen LogP contribution < -0.4 is 14.8 Å². The Labute approximate surface area is 119 Å². The third kappa shape index (κ3) is 3.25. The van der Waals surface area contributed by atoms with Gasteiger partial charge in [-0.25, -0.2) is 0 Å². The van der Waals surface area contributed by atoms with Gasteiger partial charge >= 0.3 is 0 Å². The Morgan fingerprint density at radius 1 is 1.21 bits per heavy atom. The first-order valence-electron chi connectivity index (χ1n) is 6.47. The molecule has 2 rings (SSSR count). The zero-order valence-corrected chi connectivity index (χ0v) is 12.3. The maximum absolute atomic E-state index is 6.23. The molecule has 0 spiro atoms. The molecule has 1 aliphatic carbocycles. The first-order valence-corrected chi connectivity index (χ1v) is 6.85. The first-order chi connectivity index (χ1) is 9.17. The van der Waals surface area contributed by atoms with Gasteiger partial charge in [0.15, 0.2) is 11.5 Å². The minimum absolute atomic E-state index is 0.376. The zero-order valence-electron chi connectivity index (χ0n) is 11.5. The Morgan fingerprint density at radius 3 is 2.42 bits per heavy atom. The molecule has 0 atom stereocenters. The average Bonchev–Trinajstić information content (AvgIpc) is 2.37. The largest absolute Gasteiger partial charge is 0.493 e. The van der Waals surface area contributed by atoms with Crippen LogP contribution in [0.2, 0.25) is 5.02 Å². The van der Waals surface area contributed by atoms with Gasteiger partial charge in [-0.15, -0.1) is 0 Å². The molecule has 0 saturated heterocycles. The number of benzene rings is 1. The molecule has 0 aliphatic heterocycles. The fraction of sp³-hybridized carbons (Fsp3) is 0.571. The van der Waals surface area contributed by atoms with E-state index in [2.05, 4.69) is 5.32 Å². The van der Waals surface area contributed by atoms with E-state index in [4.69, 9.17) is 25.8 Å². The summed E-state index contributed by atoms with van der Waals surface area (Å²) < 4.78 is 16.0. The second kappa shape index (κ2) is 6.35. The Balaban J connectivity index is 2.01. The molecular weight excluding hydrogens is 266 g/mol. The Bertz CT molecular complexity index is 433. The number of methoxy groups -OCH3 is 2. The Kier molecular flexibility index (Phi) is 4.77.